The predicted molar refractivity (Wildman–Crippen MR) is 78.9 cm³/mol. The van der Waals surface area contributed by atoms with Crippen LogP contribution in [0.15, 0.2) is 48.5 Å². The first kappa shape index (κ1) is 12.7. The van der Waals surface area contributed by atoms with Crippen molar-refractivity contribution in [2.45, 2.75) is 25.3 Å². The van der Waals surface area contributed by atoms with Crippen LogP contribution in [-0.4, -0.2) is 11.1 Å². The molecule has 3 rings (SSSR count). The van der Waals surface area contributed by atoms with E-state index in [4.69, 9.17) is 0 Å². The number of anilines is 1. The molecule has 1 aliphatic rings. The second-order valence-electron chi connectivity index (χ2n) is 5.16. The van der Waals surface area contributed by atoms with Gasteiger partial charge in [0, 0.05) is 5.69 Å². The number of hydrogen-bond donors (Lipinski definition) is 2. The first-order chi connectivity index (χ1) is 9.74. The number of aryl methyl sites for hydroxylation is 2. The lowest BCUT2D eigenvalue weighted by atomic mass is 10.1. The molecule has 1 aliphatic carbocycles. The fourth-order valence-corrected chi connectivity index (χ4v) is 2.76. The van der Waals surface area contributed by atoms with Crippen LogP contribution in [0.2, 0.25) is 0 Å². The predicted octanol–water partition coefficient (Wildman–Crippen LogP) is 3.41. The first-order valence-corrected chi connectivity index (χ1v) is 6.90. The van der Waals surface area contributed by atoms with E-state index in [1.807, 2.05) is 36.4 Å². The van der Waals surface area contributed by atoms with Crippen LogP contribution in [0.5, 0.6) is 0 Å². The van der Waals surface area contributed by atoms with Gasteiger partial charge in [-0.3, -0.25) is 0 Å². The van der Waals surface area contributed by atoms with Crippen LogP contribution in [0.1, 0.15) is 29.2 Å². The van der Waals surface area contributed by atoms with Crippen LogP contribution >= 0.6 is 0 Å². The minimum atomic E-state index is -0.864. The summed E-state index contributed by atoms with van der Waals surface area (Å²) in [5.74, 6) is -0.864. The minimum Gasteiger partial charge on any atom is -0.479 e. The lowest BCUT2D eigenvalue weighted by molar-refractivity contribution is -0.138. The second-order valence-corrected chi connectivity index (χ2v) is 5.16. The number of carbonyl (C=O) groups is 1. The molecule has 0 amide bonds. The number of fused-ring (bicyclic) bond motifs is 1. The molecular weight excluding hydrogens is 250 g/mol. The highest BCUT2D eigenvalue weighted by Gasteiger charge is 2.20. The second kappa shape index (κ2) is 5.37. The van der Waals surface area contributed by atoms with Crippen molar-refractivity contribution < 1.29 is 9.90 Å². The minimum absolute atomic E-state index is 0.712. The van der Waals surface area contributed by atoms with Gasteiger partial charge in [-0.05, 0) is 48.1 Å². The molecule has 3 heteroatoms. The van der Waals surface area contributed by atoms with Crippen molar-refractivity contribution in [2.75, 3.05) is 5.32 Å². The zero-order valence-electron chi connectivity index (χ0n) is 11.2. The summed E-state index contributed by atoms with van der Waals surface area (Å²) < 4.78 is 0. The standard InChI is InChI=1S/C17H17NO2/c19-17(20)16(13-5-2-1-3-6-13)18-15-10-9-12-7-4-8-14(12)11-15/h1-3,5-6,9-11,16,18H,4,7-8H2,(H,19,20). The maximum atomic E-state index is 11.5. The Kier molecular flexibility index (Phi) is 3.42. The van der Waals surface area contributed by atoms with Crippen molar-refractivity contribution in [3.05, 3.63) is 65.2 Å². The largest absolute Gasteiger partial charge is 0.479 e. The molecule has 102 valence electrons. The highest BCUT2D eigenvalue weighted by atomic mass is 16.4. The first-order valence-electron chi connectivity index (χ1n) is 6.90. The molecule has 2 aromatic carbocycles. The van der Waals surface area contributed by atoms with Gasteiger partial charge in [0.25, 0.3) is 0 Å². The van der Waals surface area contributed by atoms with Gasteiger partial charge in [-0.2, -0.15) is 0 Å². The summed E-state index contributed by atoms with van der Waals surface area (Å²) >= 11 is 0. The number of aliphatic carboxylic acids is 1. The summed E-state index contributed by atoms with van der Waals surface area (Å²) in [5, 5.41) is 12.5. The number of carboxylic acid groups (broad SMARTS) is 1. The van der Waals surface area contributed by atoms with Crippen molar-refractivity contribution in [1.82, 2.24) is 0 Å². The Hall–Kier alpha value is -2.29. The van der Waals surface area contributed by atoms with Gasteiger partial charge in [-0.15, -0.1) is 0 Å². The van der Waals surface area contributed by atoms with Gasteiger partial charge in [0.2, 0.25) is 0 Å². The van der Waals surface area contributed by atoms with Crippen molar-refractivity contribution in [3.63, 3.8) is 0 Å². The number of hydrogen-bond acceptors (Lipinski definition) is 2. The third-order valence-electron chi connectivity index (χ3n) is 3.79. The average molecular weight is 267 g/mol. The topological polar surface area (TPSA) is 49.3 Å². The van der Waals surface area contributed by atoms with Crippen LogP contribution in [-0.2, 0) is 17.6 Å². The van der Waals surface area contributed by atoms with Crippen LogP contribution < -0.4 is 5.32 Å². The maximum absolute atomic E-state index is 11.5. The molecule has 0 saturated heterocycles. The monoisotopic (exact) mass is 267 g/mol. The average Bonchev–Trinajstić information content (AvgIpc) is 2.93. The highest BCUT2D eigenvalue weighted by Crippen LogP contribution is 2.27. The van der Waals surface area contributed by atoms with Crippen LogP contribution in [0.3, 0.4) is 0 Å². The summed E-state index contributed by atoms with van der Waals surface area (Å²) in [4.78, 5) is 11.5. The fourth-order valence-electron chi connectivity index (χ4n) is 2.76. The Morgan fingerprint density at radius 2 is 1.80 bits per heavy atom. The molecule has 20 heavy (non-hydrogen) atoms. The Morgan fingerprint density at radius 1 is 1.05 bits per heavy atom. The molecule has 2 N–H and O–H groups in total. The van der Waals surface area contributed by atoms with Crippen molar-refractivity contribution >= 4 is 11.7 Å². The number of rotatable bonds is 4. The van der Waals surface area contributed by atoms with E-state index in [9.17, 15) is 9.90 Å². The van der Waals surface area contributed by atoms with Crippen molar-refractivity contribution in [3.8, 4) is 0 Å². The van der Waals surface area contributed by atoms with Gasteiger partial charge < -0.3 is 10.4 Å². The molecule has 0 radical (unpaired) electrons. The number of benzene rings is 2. The Labute approximate surface area is 118 Å². The van der Waals surface area contributed by atoms with E-state index in [1.54, 1.807) is 0 Å². The van der Waals surface area contributed by atoms with E-state index in [0.29, 0.717) is 0 Å². The van der Waals surface area contributed by atoms with Gasteiger partial charge in [0.05, 0.1) is 0 Å². The molecule has 0 spiro atoms. The third-order valence-corrected chi connectivity index (χ3v) is 3.79. The van der Waals surface area contributed by atoms with Crippen LogP contribution in [0.25, 0.3) is 0 Å². The molecule has 0 saturated carbocycles. The third kappa shape index (κ3) is 2.52. The van der Waals surface area contributed by atoms with Crippen LogP contribution in [0.4, 0.5) is 5.69 Å². The molecule has 2 aromatic rings. The molecule has 0 fully saturated rings. The molecular formula is C17H17NO2. The summed E-state index contributed by atoms with van der Waals surface area (Å²) in [6, 6.07) is 14.7. The zero-order valence-corrected chi connectivity index (χ0v) is 11.2. The van der Waals surface area contributed by atoms with Gasteiger partial charge in [-0.25, -0.2) is 4.79 Å². The molecule has 1 atom stereocenters. The Morgan fingerprint density at radius 3 is 2.55 bits per heavy atom. The van der Waals surface area contributed by atoms with E-state index in [1.165, 1.54) is 17.5 Å². The Balaban J connectivity index is 1.86. The van der Waals surface area contributed by atoms with Gasteiger partial charge >= 0.3 is 5.97 Å². The smallest absolute Gasteiger partial charge is 0.330 e. The molecule has 0 aliphatic heterocycles. The Bertz CT molecular complexity index is 622. The van der Waals surface area contributed by atoms with E-state index in [0.717, 1.165) is 24.1 Å². The van der Waals surface area contributed by atoms with Gasteiger partial charge in [0.1, 0.15) is 0 Å². The van der Waals surface area contributed by atoms with Crippen molar-refractivity contribution in [2.24, 2.45) is 0 Å². The van der Waals surface area contributed by atoms with E-state index in [2.05, 4.69) is 17.4 Å². The lowest BCUT2D eigenvalue weighted by Gasteiger charge is -2.17. The summed E-state index contributed by atoms with van der Waals surface area (Å²) in [6.07, 6.45) is 3.42. The SMILES string of the molecule is O=C(O)C(Nc1ccc2c(c1)CCC2)c1ccccc1. The number of carboxylic acids is 1. The quantitative estimate of drug-likeness (QED) is 0.892. The fraction of sp³-hybridized carbons (Fsp3) is 0.235. The van der Waals surface area contributed by atoms with E-state index < -0.39 is 12.0 Å². The molecule has 0 heterocycles. The molecule has 3 nitrogen and oxygen atoms in total. The van der Waals surface area contributed by atoms with E-state index >= 15 is 0 Å². The normalized spacial score (nSPS) is 14.6. The van der Waals surface area contributed by atoms with E-state index in [-0.39, 0.29) is 0 Å². The lowest BCUT2D eigenvalue weighted by Crippen LogP contribution is -2.20. The highest BCUT2D eigenvalue weighted by molar-refractivity contribution is 5.79. The summed E-state index contributed by atoms with van der Waals surface area (Å²) in [7, 11) is 0. The van der Waals surface area contributed by atoms with Crippen molar-refractivity contribution in [1.29, 1.82) is 0 Å². The number of nitrogens with one attached hydrogen (secondary N) is 1. The summed E-state index contributed by atoms with van der Waals surface area (Å²) in [6.45, 7) is 0. The van der Waals surface area contributed by atoms with Crippen LogP contribution in [0, 0.1) is 0 Å². The van der Waals surface area contributed by atoms with Gasteiger partial charge in [-0.1, -0.05) is 36.4 Å². The zero-order chi connectivity index (χ0) is 13.9. The molecule has 0 bridgehead atoms. The molecule has 1 unspecified atom stereocenters. The molecule has 0 aromatic heterocycles. The van der Waals surface area contributed by atoms with Gasteiger partial charge in [0.15, 0.2) is 6.04 Å². The maximum Gasteiger partial charge on any atom is 0.330 e. The summed E-state index contributed by atoms with van der Waals surface area (Å²) in [5.41, 5.74) is 4.37.